The third-order valence-corrected chi connectivity index (χ3v) is 9.82. The normalized spacial score (nSPS) is 10.5. The van der Waals surface area contributed by atoms with E-state index in [0.717, 1.165) is 11.0 Å². The molecule has 5 rings (SSSR count). The molecule has 5 aromatic rings. The van der Waals surface area contributed by atoms with Gasteiger partial charge in [0.1, 0.15) is 0 Å². The van der Waals surface area contributed by atoms with E-state index in [1.807, 2.05) is 12.4 Å². The van der Waals surface area contributed by atoms with Gasteiger partial charge in [-0.15, -0.1) is 0 Å². The number of nitrogens with zero attached hydrogens (tertiary/aromatic N) is 2. The average Bonchev–Trinajstić information content (AvgIpc) is 2.99. The fraction of sp³-hybridized carbons (Fsp3) is 0.143. The number of hydrogen-bond acceptors (Lipinski definition) is 6. The van der Waals surface area contributed by atoms with Gasteiger partial charge >= 0.3 is 17.4 Å². The minimum absolute atomic E-state index is 0. The molecular weight excluding hydrogens is 764 g/mol. The Labute approximate surface area is 297 Å². The van der Waals surface area contributed by atoms with Gasteiger partial charge in [0.15, 0.2) is 0 Å². The van der Waals surface area contributed by atoms with Crippen molar-refractivity contribution in [2.75, 3.05) is 0 Å². The van der Waals surface area contributed by atoms with Crippen molar-refractivity contribution in [2.24, 2.45) is 0 Å². The van der Waals surface area contributed by atoms with Gasteiger partial charge in [-0.1, -0.05) is 128 Å². The topological polar surface area (TPSA) is 118 Å². The fourth-order valence-corrected chi connectivity index (χ4v) is 5.21. The molecule has 43 heavy (non-hydrogen) atoms. The second-order valence-corrected chi connectivity index (χ2v) is 11.8. The van der Waals surface area contributed by atoms with Crippen molar-refractivity contribution in [3.63, 3.8) is 0 Å². The third kappa shape index (κ3) is 7.51. The quantitative estimate of drug-likeness (QED) is 0.0881. The summed E-state index contributed by atoms with van der Waals surface area (Å²) < 4.78 is 0. The summed E-state index contributed by atoms with van der Waals surface area (Å²) in [6.45, 7) is 8.48. The molecule has 0 saturated heterocycles. The number of pyridine rings is 2. The molecule has 0 amide bonds. The molecule has 0 atom stereocenters. The SMILES string of the molecule is Cc1cnc2c(ccc3c(C)c(C)cnc32)c1C.[Cr+4].[O-]c1c([O-])c(Cl)c(Cl)c(Cl)c1Cl.[O-]c1c([O-])c(Cl)c(Cl)c(Cl)c1Cl. The molecule has 0 spiro atoms. The molecule has 0 bridgehead atoms. The number of aromatic nitrogens is 2. The van der Waals surface area contributed by atoms with E-state index < -0.39 is 43.1 Å². The maximum Gasteiger partial charge on any atom is 4.00 e. The maximum absolute atomic E-state index is 10.9. The minimum atomic E-state index is -0.934. The first-order valence-electron chi connectivity index (χ1n) is 11.5. The summed E-state index contributed by atoms with van der Waals surface area (Å²) in [5.41, 5.74) is 7.07. The molecule has 0 N–H and O–H groups in total. The number of benzene rings is 3. The smallest absolute Gasteiger partial charge is 0.872 e. The summed E-state index contributed by atoms with van der Waals surface area (Å²) in [6.07, 6.45) is 3.88. The molecule has 224 valence electrons. The van der Waals surface area contributed by atoms with Crippen LogP contribution in [-0.2, 0) is 17.4 Å². The molecule has 2 heterocycles. The van der Waals surface area contributed by atoms with E-state index in [1.165, 1.54) is 33.0 Å². The van der Waals surface area contributed by atoms with Crippen molar-refractivity contribution in [3.8, 4) is 23.0 Å². The van der Waals surface area contributed by atoms with Crippen LogP contribution in [0.25, 0.3) is 21.8 Å². The second kappa shape index (κ2) is 15.2. The average molecular weight is 780 g/mol. The predicted molar refractivity (Wildman–Crippen MR) is 167 cm³/mol. The van der Waals surface area contributed by atoms with Crippen molar-refractivity contribution in [3.05, 3.63) is 87.0 Å². The van der Waals surface area contributed by atoms with Crippen molar-refractivity contribution in [1.82, 2.24) is 9.97 Å². The third-order valence-electron chi connectivity index (χ3n) is 6.28. The molecular formula is C28H16Cl8CrN2O4. The summed E-state index contributed by atoms with van der Waals surface area (Å²) in [7, 11) is 0. The van der Waals surface area contributed by atoms with Crippen LogP contribution in [-0.4, -0.2) is 9.97 Å². The molecule has 0 fully saturated rings. The van der Waals surface area contributed by atoms with Crippen LogP contribution in [0.3, 0.4) is 0 Å². The number of rotatable bonds is 0. The van der Waals surface area contributed by atoms with Crippen LogP contribution in [0.4, 0.5) is 0 Å². The van der Waals surface area contributed by atoms with Crippen molar-refractivity contribution in [2.45, 2.75) is 27.7 Å². The Hall–Kier alpha value is -1.47. The molecule has 0 aliphatic heterocycles. The van der Waals surface area contributed by atoms with Gasteiger partial charge in [0.05, 0.1) is 51.2 Å². The van der Waals surface area contributed by atoms with E-state index >= 15 is 0 Å². The first-order valence-corrected chi connectivity index (χ1v) is 14.6. The molecule has 0 unspecified atom stereocenters. The fourth-order valence-electron chi connectivity index (χ4n) is 3.57. The van der Waals surface area contributed by atoms with Crippen LogP contribution in [0, 0.1) is 27.7 Å². The Morgan fingerprint density at radius 2 is 0.674 bits per heavy atom. The van der Waals surface area contributed by atoms with Crippen molar-refractivity contribution in [1.29, 1.82) is 0 Å². The zero-order valence-electron chi connectivity index (χ0n) is 22.3. The molecule has 0 aliphatic carbocycles. The van der Waals surface area contributed by atoms with Crippen LogP contribution in [0.1, 0.15) is 22.3 Å². The van der Waals surface area contributed by atoms with Crippen molar-refractivity contribution < 1.29 is 37.8 Å². The van der Waals surface area contributed by atoms with E-state index in [2.05, 4.69) is 49.8 Å². The zero-order chi connectivity index (χ0) is 31.8. The van der Waals surface area contributed by atoms with Crippen LogP contribution >= 0.6 is 92.8 Å². The molecule has 2 aromatic heterocycles. The molecule has 0 radical (unpaired) electrons. The first kappa shape index (κ1) is 37.7. The molecule has 0 aliphatic rings. The Bertz CT molecular complexity index is 1530. The van der Waals surface area contributed by atoms with Gasteiger partial charge < -0.3 is 20.4 Å². The predicted octanol–water partition coefficient (Wildman–Crippen LogP) is 8.91. The van der Waals surface area contributed by atoms with Gasteiger partial charge in [-0.05, 0) is 49.9 Å². The Kier molecular flexibility index (Phi) is 13.3. The largest absolute Gasteiger partial charge is 4.00 e. The van der Waals surface area contributed by atoms with Crippen LogP contribution < -0.4 is 20.4 Å². The van der Waals surface area contributed by atoms with E-state index in [0.29, 0.717) is 0 Å². The standard InChI is InChI=1S/C16H16N2.2C6H2Cl4O2.Cr/c1-9-7-17-15-13(11(9)3)5-6-14-12(4)10(2)8-18-16(14)15;2*7-1-2(8)4(10)6(12)5(11)3(1)9;/h5-8H,1-4H3;2*11-12H;/q;;;+4/p-4. The summed E-state index contributed by atoms with van der Waals surface area (Å²) in [4.78, 5) is 9.16. The van der Waals surface area contributed by atoms with Crippen LogP contribution in [0.2, 0.25) is 40.2 Å². The van der Waals surface area contributed by atoms with E-state index in [1.54, 1.807) is 0 Å². The number of halogens is 8. The van der Waals surface area contributed by atoms with E-state index in [9.17, 15) is 20.4 Å². The maximum atomic E-state index is 10.9. The monoisotopic (exact) mass is 776 g/mol. The number of aryl methyl sites for hydroxylation is 4. The number of fused-ring (bicyclic) bond motifs is 3. The number of hydrogen-bond donors (Lipinski definition) is 0. The Balaban J connectivity index is 0.000000231. The second-order valence-electron chi connectivity index (χ2n) is 8.82. The summed E-state index contributed by atoms with van der Waals surface area (Å²) >= 11 is 43.4. The van der Waals surface area contributed by atoms with Crippen LogP contribution in [0.15, 0.2) is 24.5 Å². The summed E-state index contributed by atoms with van der Waals surface area (Å²) in [5.74, 6) is -3.74. The van der Waals surface area contributed by atoms with Crippen molar-refractivity contribution >= 4 is 115 Å². The molecule has 0 saturated carbocycles. The Morgan fingerprint density at radius 1 is 0.442 bits per heavy atom. The summed E-state index contributed by atoms with van der Waals surface area (Å²) in [6, 6.07) is 4.34. The van der Waals surface area contributed by atoms with Gasteiger partial charge in [-0.3, -0.25) is 9.97 Å². The Morgan fingerprint density at radius 3 is 0.907 bits per heavy atom. The summed E-state index contributed by atoms with van der Waals surface area (Å²) in [5, 5.41) is 43.7. The van der Waals surface area contributed by atoms with Gasteiger partial charge in [0.25, 0.3) is 0 Å². The van der Waals surface area contributed by atoms with Crippen LogP contribution in [0.5, 0.6) is 23.0 Å². The van der Waals surface area contributed by atoms with Gasteiger partial charge in [-0.25, -0.2) is 0 Å². The zero-order valence-corrected chi connectivity index (χ0v) is 29.6. The first-order chi connectivity index (χ1) is 19.5. The van der Waals surface area contributed by atoms with E-state index in [4.69, 9.17) is 92.8 Å². The van der Waals surface area contributed by atoms with E-state index in [-0.39, 0.29) is 37.5 Å². The van der Waals surface area contributed by atoms with Gasteiger partial charge in [0, 0.05) is 23.2 Å². The molecule has 3 aromatic carbocycles. The van der Waals surface area contributed by atoms with Gasteiger partial charge in [-0.2, -0.15) is 0 Å². The molecule has 6 nitrogen and oxygen atoms in total. The minimum Gasteiger partial charge on any atom is -0.872 e. The van der Waals surface area contributed by atoms with Gasteiger partial charge in [0.2, 0.25) is 0 Å². The molecule has 15 heteroatoms.